The molecule has 0 saturated heterocycles. The Morgan fingerprint density at radius 1 is 0.329 bits per heavy atom. The first-order chi connectivity index (χ1) is 34.7. The third-order valence-corrected chi connectivity index (χ3v) is 13.9. The SMILES string of the molecule is c1ccc(-c2nc(-c3ccc(-c4cccc5c4oc4ccccc45)cc3)nc(-c3cccc(-c4cccc5c4Oc4ccc6c(c4O5)-c4ccccc4C6(c4ccccc4)c4ccccc4)c3)n2)cc1. The third kappa shape index (κ3) is 6.17. The number of hydrogen-bond acceptors (Lipinski definition) is 6. The molecular formula is C64H39N3O3. The summed E-state index contributed by atoms with van der Waals surface area (Å²) in [5, 5.41) is 2.20. The summed E-state index contributed by atoms with van der Waals surface area (Å²) in [5.74, 6) is 4.39. The number of ether oxygens (including phenoxy) is 2. The van der Waals surface area contributed by atoms with E-state index in [4.69, 9.17) is 28.8 Å². The van der Waals surface area contributed by atoms with Gasteiger partial charge in [-0.25, -0.2) is 15.0 Å². The van der Waals surface area contributed by atoms with Crippen LogP contribution in [0.3, 0.4) is 0 Å². The van der Waals surface area contributed by atoms with Crippen LogP contribution in [0, 0.1) is 0 Å². The highest BCUT2D eigenvalue weighted by atomic mass is 16.6. The highest BCUT2D eigenvalue weighted by Gasteiger charge is 2.48. The van der Waals surface area contributed by atoms with Gasteiger partial charge in [0.2, 0.25) is 0 Å². The number of para-hydroxylation sites is 3. The fourth-order valence-electron chi connectivity index (χ4n) is 10.8. The molecule has 3 heterocycles. The van der Waals surface area contributed by atoms with E-state index in [-0.39, 0.29) is 0 Å². The van der Waals surface area contributed by atoms with E-state index in [0.29, 0.717) is 40.5 Å². The van der Waals surface area contributed by atoms with E-state index in [2.05, 4.69) is 164 Å². The molecule has 6 nitrogen and oxygen atoms in total. The van der Waals surface area contributed by atoms with E-state index in [1.54, 1.807) is 0 Å². The number of fused-ring (bicyclic) bond motifs is 9. The molecule has 0 unspecified atom stereocenters. The molecule has 0 fully saturated rings. The third-order valence-electron chi connectivity index (χ3n) is 13.9. The normalized spacial score (nSPS) is 12.9. The maximum Gasteiger partial charge on any atom is 0.178 e. The van der Waals surface area contributed by atoms with Crippen molar-refractivity contribution in [2.45, 2.75) is 5.41 Å². The van der Waals surface area contributed by atoms with Crippen LogP contribution in [0.5, 0.6) is 23.0 Å². The number of furan rings is 1. The zero-order valence-corrected chi connectivity index (χ0v) is 37.6. The summed E-state index contributed by atoms with van der Waals surface area (Å²) in [6, 6.07) is 81.8. The largest absolute Gasteiger partial charge is 0.455 e. The van der Waals surface area contributed by atoms with Crippen LogP contribution < -0.4 is 9.47 Å². The Bertz CT molecular complexity index is 3960. The van der Waals surface area contributed by atoms with E-state index < -0.39 is 5.41 Å². The second kappa shape index (κ2) is 15.9. The van der Waals surface area contributed by atoms with Gasteiger partial charge in [0.15, 0.2) is 40.5 Å². The summed E-state index contributed by atoms with van der Waals surface area (Å²) in [6.45, 7) is 0. The second-order valence-corrected chi connectivity index (χ2v) is 17.8. The summed E-state index contributed by atoms with van der Waals surface area (Å²) in [7, 11) is 0. The van der Waals surface area contributed by atoms with Crippen molar-refractivity contribution in [3.8, 4) is 90.5 Å². The van der Waals surface area contributed by atoms with Crippen molar-refractivity contribution in [1.82, 2.24) is 15.0 Å². The predicted octanol–water partition coefficient (Wildman–Crippen LogP) is 16.4. The molecule has 14 rings (SSSR count). The maximum absolute atomic E-state index is 7.06. The average Bonchev–Trinajstić information content (AvgIpc) is 3.98. The molecule has 0 saturated carbocycles. The molecule has 2 aliphatic rings. The van der Waals surface area contributed by atoms with E-state index in [1.165, 1.54) is 16.7 Å². The second-order valence-electron chi connectivity index (χ2n) is 17.8. The number of hydrogen-bond donors (Lipinski definition) is 0. The molecule has 1 aliphatic heterocycles. The lowest BCUT2D eigenvalue weighted by atomic mass is 9.68. The van der Waals surface area contributed by atoms with Crippen LogP contribution in [-0.4, -0.2) is 15.0 Å². The first-order valence-corrected chi connectivity index (χ1v) is 23.5. The zero-order chi connectivity index (χ0) is 46.2. The number of rotatable bonds is 7. The van der Waals surface area contributed by atoms with Crippen LogP contribution in [0.15, 0.2) is 241 Å². The van der Waals surface area contributed by atoms with Gasteiger partial charge in [-0.15, -0.1) is 0 Å². The van der Waals surface area contributed by atoms with Gasteiger partial charge in [-0.1, -0.05) is 212 Å². The van der Waals surface area contributed by atoms with Gasteiger partial charge >= 0.3 is 0 Å². The van der Waals surface area contributed by atoms with Gasteiger partial charge in [-0.3, -0.25) is 0 Å². The topological polar surface area (TPSA) is 70.3 Å². The summed E-state index contributed by atoms with van der Waals surface area (Å²) >= 11 is 0. The Hall–Kier alpha value is -9.39. The molecule has 12 aromatic rings. The first-order valence-electron chi connectivity index (χ1n) is 23.5. The highest BCUT2D eigenvalue weighted by Crippen LogP contribution is 2.62. The van der Waals surface area contributed by atoms with Gasteiger partial charge in [0.25, 0.3) is 0 Å². The van der Waals surface area contributed by atoms with E-state index in [0.717, 1.165) is 77.6 Å². The molecular weight excluding hydrogens is 859 g/mol. The fourth-order valence-corrected chi connectivity index (χ4v) is 10.8. The number of benzene rings is 10. The Kier molecular flexibility index (Phi) is 9.01. The molecule has 1 aliphatic carbocycles. The van der Waals surface area contributed by atoms with Gasteiger partial charge in [0.05, 0.1) is 5.41 Å². The molecule has 0 N–H and O–H groups in total. The van der Waals surface area contributed by atoms with Crippen molar-refractivity contribution in [3.05, 3.63) is 259 Å². The molecule has 0 bridgehead atoms. The monoisotopic (exact) mass is 897 g/mol. The van der Waals surface area contributed by atoms with E-state index in [9.17, 15) is 0 Å². The van der Waals surface area contributed by atoms with Crippen molar-refractivity contribution >= 4 is 21.9 Å². The van der Waals surface area contributed by atoms with Crippen molar-refractivity contribution in [2.75, 3.05) is 0 Å². The van der Waals surface area contributed by atoms with Gasteiger partial charge in [-0.05, 0) is 63.2 Å². The Balaban J connectivity index is 0.842. The summed E-state index contributed by atoms with van der Waals surface area (Å²) < 4.78 is 20.4. The smallest absolute Gasteiger partial charge is 0.178 e. The fraction of sp³-hybridized carbons (Fsp3) is 0.0156. The summed E-state index contributed by atoms with van der Waals surface area (Å²) in [4.78, 5) is 15.3. The molecule has 0 amide bonds. The van der Waals surface area contributed by atoms with E-state index >= 15 is 0 Å². The van der Waals surface area contributed by atoms with Gasteiger partial charge < -0.3 is 13.9 Å². The molecule has 70 heavy (non-hydrogen) atoms. The van der Waals surface area contributed by atoms with Crippen molar-refractivity contribution in [3.63, 3.8) is 0 Å². The molecule has 2 aromatic heterocycles. The molecule has 0 radical (unpaired) electrons. The minimum Gasteiger partial charge on any atom is -0.455 e. The molecule has 10 aromatic carbocycles. The standard InChI is InChI=1S/C64H39N3O3/c1-4-17-41(18-5-1)61-65-62(42-35-33-40(34-36-42)47-27-15-29-50-49-25-11-13-31-54(49)68-58(47)50)67-63(66-61)44-20-14-19-43(39-44)48-28-16-32-55-59(48)69-56-38-37-53-57(60(56)70-55)51-26-10-12-30-52(51)64(53,45-21-6-2-7-22-45)46-23-8-3-9-24-46/h1-39H. The highest BCUT2D eigenvalue weighted by molar-refractivity contribution is 6.09. The Morgan fingerprint density at radius 2 is 0.857 bits per heavy atom. The van der Waals surface area contributed by atoms with Gasteiger partial charge in [0, 0.05) is 44.2 Å². The minimum absolute atomic E-state index is 0.556. The number of nitrogens with zero attached hydrogens (tertiary/aromatic N) is 3. The van der Waals surface area contributed by atoms with Gasteiger partial charge in [0.1, 0.15) is 11.2 Å². The molecule has 328 valence electrons. The van der Waals surface area contributed by atoms with Crippen LogP contribution in [0.4, 0.5) is 0 Å². The van der Waals surface area contributed by atoms with Crippen LogP contribution in [0.1, 0.15) is 22.3 Å². The quantitative estimate of drug-likeness (QED) is 0.159. The van der Waals surface area contributed by atoms with Crippen LogP contribution in [0.25, 0.3) is 89.5 Å². The molecule has 6 heteroatoms. The Morgan fingerprint density at radius 3 is 1.63 bits per heavy atom. The summed E-state index contributed by atoms with van der Waals surface area (Å²) in [6.07, 6.45) is 0. The summed E-state index contributed by atoms with van der Waals surface area (Å²) in [5.41, 5.74) is 14.6. The van der Waals surface area contributed by atoms with Gasteiger partial charge in [-0.2, -0.15) is 0 Å². The average molecular weight is 898 g/mol. The van der Waals surface area contributed by atoms with Crippen LogP contribution in [0.2, 0.25) is 0 Å². The van der Waals surface area contributed by atoms with Crippen LogP contribution in [-0.2, 0) is 5.41 Å². The lowest BCUT2D eigenvalue weighted by Gasteiger charge is -2.34. The number of aromatic nitrogens is 3. The first kappa shape index (κ1) is 39.7. The van der Waals surface area contributed by atoms with Crippen LogP contribution >= 0.6 is 0 Å². The minimum atomic E-state index is -0.556. The Labute approximate surface area is 403 Å². The molecule has 0 atom stereocenters. The predicted molar refractivity (Wildman–Crippen MR) is 278 cm³/mol. The van der Waals surface area contributed by atoms with E-state index in [1.807, 2.05) is 72.8 Å². The molecule has 0 spiro atoms. The van der Waals surface area contributed by atoms with Crippen molar-refractivity contribution < 1.29 is 13.9 Å². The maximum atomic E-state index is 7.06. The zero-order valence-electron chi connectivity index (χ0n) is 37.6. The van der Waals surface area contributed by atoms with Crippen molar-refractivity contribution in [1.29, 1.82) is 0 Å². The van der Waals surface area contributed by atoms with Crippen molar-refractivity contribution in [2.24, 2.45) is 0 Å². The lowest BCUT2D eigenvalue weighted by Crippen LogP contribution is -2.28. The lowest BCUT2D eigenvalue weighted by molar-refractivity contribution is 0.361.